The molecule has 22 heavy (non-hydrogen) atoms. The Bertz CT molecular complexity index is 772. The number of benzene rings is 1. The normalized spacial score (nSPS) is 10.0. The van der Waals surface area contributed by atoms with E-state index in [4.69, 9.17) is 11.0 Å². The summed E-state index contributed by atoms with van der Waals surface area (Å²) in [6, 6.07) is 6.03. The van der Waals surface area contributed by atoms with Crippen molar-refractivity contribution in [3.8, 4) is 6.07 Å². The average Bonchev–Trinajstić information content (AvgIpc) is 2.49. The highest BCUT2D eigenvalue weighted by Crippen LogP contribution is 2.36. The van der Waals surface area contributed by atoms with Crippen LogP contribution in [0.25, 0.3) is 0 Å². The van der Waals surface area contributed by atoms with Crippen molar-refractivity contribution in [3.05, 3.63) is 40.2 Å². The molecule has 8 nitrogen and oxygen atoms in total. The van der Waals surface area contributed by atoms with Crippen LogP contribution in [0.4, 0.5) is 17.2 Å². The molecule has 1 aromatic carbocycles. The standard InChI is InChI=1S/C13H12N6O2S/c1-18(2)12-11(15)13(17-7-16-12)22-10-4-3-9(19(20)21)5-8(10)6-14/h3-5,7H,15H2,1-2H3. The molecule has 0 fully saturated rings. The van der Waals surface area contributed by atoms with Gasteiger partial charge in [0.05, 0.1) is 10.5 Å². The molecule has 0 bridgehead atoms. The number of nitriles is 1. The molecule has 1 aromatic heterocycles. The van der Waals surface area contributed by atoms with Gasteiger partial charge in [-0.2, -0.15) is 5.26 Å². The van der Waals surface area contributed by atoms with Crippen LogP contribution < -0.4 is 10.6 Å². The van der Waals surface area contributed by atoms with Crippen molar-refractivity contribution in [2.24, 2.45) is 0 Å². The number of hydrogen-bond acceptors (Lipinski definition) is 8. The summed E-state index contributed by atoms with van der Waals surface area (Å²) < 4.78 is 0. The van der Waals surface area contributed by atoms with Crippen LogP contribution in [0.1, 0.15) is 5.56 Å². The Kier molecular flexibility index (Phi) is 4.43. The predicted molar refractivity (Wildman–Crippen MR) is 82.7 cm³/mol. The smallest absolute Gasteiger partial charge is 0.270 e. The molecule has 112 valence electrons. The van der Waals surface area contributed by atoms with Crippen molar-refractivity contribution in [1.82, 2.24) is 9.97 Å². The zero-order valence-corrected chi connectivity index (χ0v) is 12.7. The fourth-order valence-electron chi connectivity index (χ4n) is 1.72. The molecule has 0 spiro atoms. The Morgan fingerprint density at radius 3 is 2.73 bits per heavy atom. The number of non-ortho nitro benzene ring substituents is 1. The van der Waals surface area contributed by atoms with E-state index in [0.29, 0.717) is 21.4 Å². The van der Waals surface area contributed by atoms with Crippen molar-refractivity contribution in [1.29, 1.82) is 5.26 Å². The first-order valence-corrected chi connectivity index (χ1v) is 6.90. The van der Waals surface area contributed by atoms with Crippen molar-refractivity contribution in [2.45, 2.75) is 9.92 Å². The van der Waals surface area contributed by atoms with Gasteiger partial charge in [-0.05, 0) is 6.07 Å². The Morgan fingerprint density at radius 1 is 1.41 bits per heavy atom. The summed E-state index contributed by atoms with van der Waals surface area (Å²) in [6.45, 7) is 0. The summed E-state index contributed by atoms with van der Waals surface area (Å²) in [6.07, 6.45) is 1.38. The summed E-state index contributed by atoms with van der Waals surface area (Å²) in [4.78, 5) is 20.7. The van der Waals surface area contributed by atoms with Crippen LogP contribution >= 0.6 is 11.8 Å². The Labute approximate surface area is 130 Å². The van der Waals surface area contributed by atoms with Crippen LogP contribution in [0.2, 0.25) is 0 Å². The summed E-state index contributed by atoms with van der Waals surface area (Å²) in [5, 5.41) is 20.4. The van der Waals surface area contributed by atoms with E-state index in [-0.39, 0.29) is 11.3 Å². The fraction of sp³-hybridized carbons (Fsp3) is 0.154. The third kappa shape index (κ3) is 3.07. The van der Waals surface area contributed by atoms with Gasteiger partial charge in [-0.15, -0.1) is 0 Å². The van der Waals surface area contributed by atoms with Gasteiger partial charge in [0.1, 0.15) is 23.1 Å². The first-order valence-electron chi connectivity index (χ1n) is 6.08. The van der Waals surface area contributed by atoms with Gasteiger partial charge in [0, 0.05) is 31.1 Å². The average molecular weight is 316 g/mol. The number of nitrogens with two attached hydrogens (primary N) is 1. The predicted octanol–water partition coefficient (Wildman–Crippen LogP) is 2.06. The molecule has 0 aliphatic rings. The molecule has 0 atom stereocenters. The number of nitro groups is 1. The lowest BCUT2D eigenvalue weighted by Gasteiger charge is -2.15. The lowest BCUT2D eigenvalue weighted by atomic mass is 10.2. The van der Waals surface area contributed by atoms with Crippen molar-refractivity contribution in [3.63, 3.8) is 0 Å². The minimum absolute atomic E-state index is 0.134. The van der Waals surface area contributed by atoms with E-state index in [1.54, 1.807) is 19.0 Å². The number of nitrogens with zero attached hydrogens (tertiary/aromatic N) is 5. The third-order valence-electron chi connectivity index (χ3n) is 2.75. The Balaban J connectivity index is 2.42. The molecular formula is C13H12N6O2S. The summed E-state index contributed by atoms with van der Waals surface area (Å²) >= 11 is 1.17. The van der Waals surface area contributed by atoms with E-state index >= 15 is 0 Å². The van der Waals surface area contributed by atoms with Crippen LogP contribution in [0.15, 0.2) is 34.4 Å². The SMILES string of the molecule is CN(C)c1ncnc(Sc2ccc([N+](=O)[O-])cc2C#N)c1N. The summed E-state index contributed by atoms with van der Waals surface area (Å²) in [5.41, 5.74) is 6.48. The molecule has 2 rings (SSSR count). The molecule has 0 saturated heterocycles. The number of nitro benzene ring substituents is 1. The molecule has 0 unspecified atom stereocenters. The lowest BCUT2D eigenvalue weighted by Crippen LogP contribution is -2.14. The summed E-state index contributed by atoms with van der Waals surface area (Å²) in [5.74, 6) is 0.568. The zero-order valence-electron chi connectivity index (χ0n) is 11.8. The van der Waals surface area contributed by atoms with Crippen LogP contribution in [0.5, 0.6) is 0 Å². The van der Waals surface area contributed by atoms with Crippen LogP contribution in [0, 0.1) is 21.4 Å². The number of anilines is 2. The number of rotatable bonds is 4. The number of nitrogen functional groups attached to an aromatic ring is 1. The van der Waals surface area contributed by atoms with Crippen LogP contribution in [0.3, 0.4) is 0 Å². The molecule has 9 heteroatoms. The van der Waals surface area contributed by atoms with Gasteiger partial charge in [-0.25, -0.2) is 9.97 Å². The van der Waals surface area contributed by atoms with E-state index < -0.39 is 4.92 Å². The van der Waals surface area contributed by atoms with E-state index in [0.717, 1.165) is 0 Å². The minimum atomic E-state index is -0.543. The maximum atomic E-state index is 10.8. The third-order valence-corrected chi connectivity index (χ3v) is 3.85. The highest BCUT2D eigenvalue weighted by molar-refractivity contribution is 7.99. The van der Waals surface area contributed by atoms with Gasteiger partial charge in [0.15, 0.2) is 5.82 Å². The van der Waals surface area contributed by atoms with Crippen molar-refractivity contribution in [2.75, 3.05) is 24.7 Å². The highest BCUT2D eigenvalue weighted by atomic mass is 32.2. The van der Waals surface area contributed by atoms with Gasteiger partial charge in [-0.1, -0.05) is 11.8 Å². The topological polar surface area (TPSA) is 122 Å². The second kappa shape index (κ2) is 6.28. The molecule has 0 saturated carbocycles. The van der Waals surface area contributed by atoms with E-state index in [2.05, 4.69) is 9.97 Å². The largest absolute Gasteiger partial charge is 0.394 e. The van der Waals surface area contributed by atoms with E-state index in [9.17, 15) is 10.1 Å². The maximum absolute atomic E-state index is 10.8. The van der Waals surface area contributed by atoms with Crippen molar-refractivity contribution >= 4 is 29.0 Å². The van der Waals surface area contributed by atoms with E-state index in [1.807, 2.05) is 6.07 Å². The van der Waals surface area contributed by atoms with Gasteiger partial charge < -0.3 is 10.6 Å². The van der Waals surface area contributed by atoms with Crippen LogP contribution in [-0.4, -0.2) is 29.0 Å². The number of hydrogen-bond donors (Lipinski definition) is 1. The first-order chi connectivity index (χ1) is 10.4. The lowest BCUT2D eigenvalue weighted by molar-refractivity contribution is -0.384. The summed E-state index contributed by atoms with van der Waals surface area (Å²) in [7, 11) is 3.61. The molecule has 2 N–H and O–H groups in total. The fourth-order valence-corrected chi connectivity index (χ4v) is 2.58. The Hall–Kier alpha value is -2.86. The van der Waals surface area contributed by atoms with E-state index in [1.165, 1.54) is 36.3 Å². The second-order valence-electron chi connectivity index (χ2n) is 4.46. The molecule has 2 aromatic rings. The van der Waals surface area contributed by atoms with Gasteiger partial charge in [0.25, 0.3) is 5.69 Å². The van der Waals surface area contributed by atoms with Gasteiger partial charge in [0.2, 0.25) is 0 Å². The molecule has 0 amide bonds. The van der Waals surface area contributed by atoms with Crippen LogP contribution in [-0.2, 0) is 0 Å². The highest BCUT2D eigenvalue weighted by Gasteiger charge is 2.15. The molecular weight excluding hydrogens is 304 g/mol. The minimum Gasteiger partial charge on any atom is -0.394 e. The van der Waals surface area contributed by atoms with Gasteiger partial charge in [-0.3, -0.25) is 10.1 Å². The van der Waals surface area contributed by atoms with Gasteiger partial charge >= 0.3 is 0 Å². The molecule has 1 heterocycles. The van der Waals surface area contributed by atoms with Crippen molar-refractivity contribution < 1.29 is 4.92 Å². The quantitative estimate of drug-likeness (QED) is 0.516. The molecule has 0 aliphatic carbocycles. The second-order valence-corrected chi connectivity index (χ2v) is 5.49. The Morgan fingerprint density at radius 2 is 2.14 bits per heavy atom. The molecule has 0 radical (unpaired) electrons. The molecule has 0 aliphatic heterocycles. The number of aromatic nitrogens is 2. The maximum Gasteiger partial charge on any atom is 0.270 e. The zero-order chi connectivity index (χ0) is 16.3. The first kappa shape index (κ1) is 15.5. The monoisotopic (exact) mass is 316 g/mol.